The van der Waals surface area contributed by atoms with E-state index in [1.54, 1.807) is 4.57 Å². The number of thiazole rings is 1. The Morgan fingerprint density at radius 3 is 2.82 bits per heavy atom. The van der Waals surface area contributed by atoms with Crippen LogP contribution in [0, 0.1) is 6.92 Å². The second-order valence-electron chi connectivity index (χ2n) is 3.75. The smallest absolute Gasteiger partial charge is 0.307 e. The molecule has 6 heteroatoms. The van der Waals surface area contributed by atoms with E-state index < -0.39 is 0 Å². The SMILES string of the molecule is CCNCCNC(=O)CCn1c(C)csc1=O. The highest BCUT2D eigenvalue weighted by atomic mass is 32.1. The molecule has 1 aromatic heterocycles. The first-order valence-corrected chi connectivity index (χ1v) is 6.65. The minimum absolute atomic E-state index is 0.00273. The van der Waals surface area contributed by atoms with E-state index in [2.05, 4.69) is 10.6 Å². The molecule has 5 nitrogen and oxygen atoms in total. The highest BCUT2D eigenvalue weighted by molar-refractivity contribution is 7.07. The lowest BCUT2D eigenvalue weighted by Gasteiger charge is -2.06. The van der Waals surface area contributed by atoms with Gasteiger partial charge in [0.25, 0.3) is 0 Å². The summed E-state index contributed by atoms with van der Waals surface area (Å²) in [7, 11) is 0. The first-order valence-electron chi connectivity index (χ1n) is 5.77. The summed E-state index contributed by atoms with van der Waals surface area (Å²) in [6, 6.07) is 0. The van der Waals surface area contributed by atoms with E-state index in [1.807, 2.05) is 19.2 Å². The monoisotopic (exact) mass is 257 g/mol. The Balaban J connectivity index is 2.26. The summed E-state index contributed by atoms with van der Waals surface area (Å²) in [6.45, 7) is 6.67. The van der Waals surface area contributed by atoms with Crippen LogP contribution in [-0.4, -0.2) is 30.1 Å². The summed E-state index contributed by atoms with van der Waals surface area (Å²) in [5.41, 5.74) is 0.917. The summed E-state index contributed by atoms with van der Waals surface area (Å²) < 4.78 is 1.63. The topological polar surface area (TPSA) is 63.1 Å². The fourth-order valence-electron chi connectivity index (χ4n) is 1.44. The van der Waals surface area contributed by atoms with Crippen molar-refractivity contribution in [1.29, 1.82) is 0 Å². The van der Waals surface area contributed by atoms with Gasteiger partial charge in [0.05, 0.1) is 0 Å². The third-order valence-electron chi connectivity index (χ3n) is 2.41. The van der Waals surface area contributed by atoms with E-state index in [0.717, 1.165) is 18.8 Å². The molecule has 96 valence electrons. The van der Waals surface area contributed by atoms with Gasteiger partial charge in [-0.3, -0.25) is 9.59 Å². The lowest BCUT2D eigenvalue weighted by Crippen LogP contribution is -2.32. The molecule has 1 rings (SSSR count). The highest BCUT2D eigenvalue weighted by Crippen LogP contribution is 2.00. The number of hydrogen-bond acceptors (Lipinski definition) is 4. The maximum atomic E-state index is 11.5. The molecule has 17 heavy (non-hydrogen) atoms. The lowest BCUT2D eigenvalue weighted by atomic mass is 10.3. The first kappa shape index (κ1) is 13.9. The predicted molar refractivity (Wildman–Crippen MR) is 69.5 cm³/mol. The van der Waals surface area contributed by atoms with Gasteiger partial charge in [0, 0.05) is 37.1 Å². The van der Waals surface area contributed by atoms with E-state index >= 15 is 0 Å². The van der Waals surface area contributed by atoms with Crippen LogP contribution in [0.15, 0.2) is 10.2 Å². The third-order valence-corrected chi connectivity index (χ3v) is 3.29. The molecule has 0 aliphatic rings. The number of amides is 1. The van der Waals surface area contributed by atoms with Gasteiger partial charge >= 0.3 is 4.87 Å². The van der Waals surface area contributed by atoms with Crippen molar-refractivity contribution in [1.82, 2.24) is 15.2 Å². The molecule has 1 aromatic rings. The van der Waals surface area contributed by atoms with Gasteiger partial charge in [-0.05, 0) is 13.5 Å². The molecule has 0 unspecified atom stereocenters. The summed E-state index contributed by atoms with van der Waals surface area (Å²) in [5.74, 6) is -0.0135. The number of aryl methyl sites for hydroxylation is 1. The zero-order valence-corrected chi connectivity index (χ0v) is 11.1. The van der Waals surface area contributed by atoms with Crippen molar-refractivity contribution in [2.45, 2.75) is 26.8 Å². The molecule has 1 heterocycles. The van der Waals surface area contributed by atoms with Crippen molar-refractivity contribution in [2.75, 3.05) is 19.6 Å². The molecule has 1 amide bonds. The number of likely N-dealkylation sites (N-methyl/N-ethyl adjacent to an activating group) is 1. The van der Waals surface area contributed by atoms with Gasteiger partial charge in [-0.25, -0.2) is 0 Å². The van der Waals surface area contributed by atoms with Gasteiger partial charge in [-0.15, -0.1) is 0 Å². The van der Waals surface area contributed by atoms with Crippen LogP contribution >= 0.6 is 11.3 Å². The van der Waals surface area contributed by atoms with Crippen molar-refractivity contribution in [3.8, 4) is 0 Å². The van der Waals surface area contributed by atoms with Gasteiger partial charge in [0.1, 0.15) is 0 Å². The van der Waals surface area contributed by atoms with Crippen molar-refractivity contribution in [3.05, 3.63) is 20.7 Å². The Morgan fingerprint density at radius 1 is 1.47 bits per heavy atom. The number of rotatable bonds is 7. The zero-order chi connectivity index (χ0) is 12.7. The highest BCUT2D eigenvalue weighted by Gasteiger charge is 2.05. The van der Waals surface area contributed by atoms with E-state index in [0.29, 0.717) is 19.5 Å². The molecular formula is C11H19N3O2S. The van der Waals surface area contributed by atoms with Gasteiger partial charge in [0.2, 0.25) is 5.91 Å². The number of carbonyl (C=O) groups excluding carboxylic acids is 1. The molecule has 0 bridgehead atoms. The average molecular weight is 257 g/mol. The molecule has 0 saturated heterocycles. The molecule has 0 fully saturated rings. The maximum absolute atomic E-state index is 11.5. The van der Waals surface area contributed by atoms with Crippen LogP contribution in [0.1, 0.15) is 19.0 Å². The molecule has 0 spiro atoms. The zero-order valence-electron chi connectivity index (χ0n) is 10.3. The number of hydrogen-bond donors (Lipinski definition) is 2. The lowest BCUT2D eigenvalue weighted by molar-refractivity contribution is -0.121. The summed E-state index contributed by atoms with van der Waals surface area (Å²) in [5, 5.41) is 7.74. The van der Waals surface area contributed by atoms with Crippen LogP contribution in [0.5, 0.6) is 0 Å². The Hall–Kier alpha value is -1.14. The van der Waals surface area contributed by atoms with Crippen LogP contribution < -0.4 is 15.5 Å². The van der Waals surface area contributed by atoms with Gasteiger partial charge in [-0.2, -0.15) is 0 Å². The molecular weight excluding hydrogens is 238 g/mol. The minimum atomic E-state index is -0.0135. The van der Waals surface area contributed by atoms with Crippen molar-refractivity contribution in [3.63, 3.8) is 0 Å². The predicted octanol–water partition coefficient (Wildman–Crippen LogP) is 0.334. The van der Waals surface area contributed by atoms with Crippen LogP contribution in [0.3, 0.4) is 0 Å². The van der Waals surface area contributed by atoms with Crippen molar-refractivity contribution >= 4 is 17.2 Å². The summed E-state index contributed by atoms with van der Waals surface area (Å²) in [4.78, 5) is 22.9. The summed E-state index contributed by atoms with van der Waals surface area (Å²) >= 11 is 1.17. The normalized spacial score (nSPS) is 10.5. The van der Waals surface area contributed by atoms with Crippen LogP contribution in [-0.2, 0) is 11.3 Å². The number of aromatic nitrogens is 1. The molecule has 0 aromatic carbocycles. The fourth-order valence-corrected chi connectivity index (χ4v) is 2.20. The van der Waals surface area contributed by atoms with Gasteiger partial charge in [-0.1, -0.05) is 18.3 Å². The molecule has 0 radical (unpaired) electrons. The quantitative estimate of drug-likeness (QED) is 0.692. The fraction of sp³-hybridized carbons (Fsp3) is 0.636. The van der Waals surface area contributed by atoms with Crippen LogP contribution in [0.4, 0.5) is 0 Å². The first-order chi connectivity index (χ1) is 8.15. The van der Waals surface area contributed by atoms with Gasteiger partial charge < -0.3 is 15.2 Å². The van der Waals surface area contributed by atoms with Crippen molar-refractivity contribution in [2.24, 2.45) is 0 Å². The summed E-state index contributed by atoms with van der Waals surface area (Å²) in [6.07, 6.45) is 0.351. The third kappa shape index (κ3) is 4.70. The van der Waals surface area contributed by atoms with E-state index in [1.165, 1.54) is 11.3 Å². The molecule has 0 atom stereocenters. The molecule has 0 aliphatic heterocycles. The molecule has 0 aliphatic carbocycles. The Labute approximate surface area is 105 Å². The largest absolute Gasteiger partial charge is 0.355 e. The van der Waals surface area contributed by atoms with Crippen molar-refractivity contribution < 1.29 is 4.79 Å². The van der Waals surface area contributed by atoms with E-state index in [4.69, 9.17) is 0 Å². The second kappa shape index (κ2) is 7.24. The molecule has 2 N–H and O–H groups in total. The van der Waals surface area contributed by atoms with Crippen LogP contribution in [0.2, 0.25) is 0 Å². The Bertz CT molecular complexity index is 411. The van der Waals surface area contributed by atoms with E-state index in [-0.39, 0.29) is 10.8 Å². The number of nitrogens with one attached hydrogen (secondary N) is 2. The average Bonchev–Trinajstić information content (AvgIpc) is 2.62. The number of carbonyl (C=O) groups is 1. The Morgan fingerprint density at radius 2 is 2.24 bits per heavy atom. The second-order valence-corrected chi connectivity index (χ2v) is 4.57. The molecule has 0 saturated carbocycles. The number of nitrogens with zero attached hydrogens (tertiary/aromatic N) is 1. The van der Waals surface area contributed by atoms with Crippen LogP contribution in [0.25, 0.3) is 0 Å². The standard InChI is InChI=1S/C11H19N3O2S/c1-3-12-5-6-13-10(15)4-7-14-9(2)8-17-11(14)16/h8,12H,3-7H2,1-2H3,(H,13,15). The maximum Gasteiger partial charge on any atom is 0.307 e. The Kier molecular flexibility index (Phi) is 5.93. The van der Waals surface area contributed by atoms with E-state index in [9.17, 15) is 9.59 Å². The van der Waals surface area contributed by atoms with Gasteiger partial charge in [0.15, 0.2) is 0 Å². The minimum Gasteiger partial charge on any atom is -0.355 e.